The number of rotatable bonds is 4. The van der Waals surface area contributed by atoms with Gasteiger partial charge in [0.1, 0.15) is 17.7 Å². The lowest BCUT2D eigenvalue weighted by molar-refractivity contribution is -0.616. The second-order valence-corrected chi connectivity index (χ2v) is 8.18. The molecule has 30 heavy (non-hydrogen) atoms. The highest BCUT2D eigenvalue weighted by Gasteiger charge is 2.79. The third-order valence-corrected chi connectivity index (χ3v) is 6.34. The average molecular weight is 420 g/mol. The zero-order valence-electron chi connectivity index (χ0n) is 16.3. The van der Waals surface area contributed by atoms with Crippen LogP contribution in [0.1, 0.15) is 0 Å². The van der Waals surface area contributed by atoms with Crippen molar-refractivity contribution in [3.8, 4) is 5.75 Å². The average Bonchev–Trinajstić information content (AvgIpc) is 3.20. The Morgan fingerprint density at radius 3 is 2.20 bits per heavy atom. The fourth-order valence-corrected chi connectivity index (χ4v) is 5.07. The van der Waals surface area contributed by atoms with Crippen LogP contribution in [-0.2, 0) is 0 Å². The van der Waals surface area contributed by atoms with Crippen molar-refractivity contribution in [1.29, 1.82) is 0 Å². The van der Waals surface area contributed by atoms with Gasteiger partial charge in [-0.1, -0.05) is 0 Å². The third-order valence-electron chi connectivity index (χ3n) is 6.34. The number of likely N-dealkylation sites (tertiary alicyclic amines) is 2. The Balaban J connectivity index is 1.83. The number of likely N-dealkylation sites (N-methyl/N-ethyl adjacent to an activating group) is 2. The highest BCUT2D eigenvalue weighted by atomic mass is 16.6. The summed E-state index contributed by atoms with van der Waals surface area (Å²) < 4.78 is 5.80. The van der Waals surface area contributed by atoms with E-state index >= 15 is 0 Å². The molecule has 4 rings (SSSR count). The molecule has 160 valence electrons. The molecule has 2 fully saturated rings. The van der Waals surface area contributed by atoms with Crippen LogP contribution >= 0.6 is 0 Å². The molecule has 0 N–H and O–H groups in total. The number of nitrogens with zero attached hydrogens (tertiary/aromatic N) is 6. The molecule has 0 aromatic heterocycles. The van der Waals surface area contributed by atoms with E-state index in [1.165, 1.54) is 24.3 Å². The molecule has 0 aliphatic carbocycles. The normalized spacial score (nSPS) is 33.5. The van der Waals surface area contributed by atoms with Crippen LogP contribution in [0, 0.1) is 36.3 Å². The van der Waals surface area contributed by atoms with Gasteiger partial charge >= 0.3 is 5.54 Å². The van der Waals surface area contributed by atoms with E-state index in [0.717, 1.165) is 0 Å². The van der Waals surface area contributed by atoms with Gasteiger partial charge in [0.05, 0.1) is 18.0 Å². The lowest BCUT2D eigenvalue weighted by Gasteiger charge is -2.39. The summed E-state index contributed by atoms with van der Waals surface area (Å²) >= 11 is 0. The first-order valence-corrected chi connectivity index (χ1v) is 9.28. The fourth-order valence-electron chi connectivity index (χ4n) is 5.07. The predicted molar refractivity (Wildman–Crippen MR) is 103 cm³/mol. The van der Waals surface area contributed by atoms with Gasteiger partial charge < -0.3 is 4.74 Å². The minimum Gasteiger partial charge on any atom is -0.437 e. The molecular formula is C17H20N6O7. The summed E-state index contributed by atoms with van der Waals surface area (Å²) in [5, 5.41) is 35.5. The number of hydrogen-bond donors (Lipinski definition) is 0. The highest BCUT2D eigenvalue weighted by molar-refractivity contribution is 5.89. The minimum absolute atomic E-state index is 0.0626. The summed E-state index contributed by atoms with van der Waals surface area (Å²) in [5.41, 5.74) is -3.62. The topological polar surface area (TPSA) is 157 Å². The Kier molecular flexibility index (Phi) is 4.47. The van der Waals surface area contributed by atoms with Gasteiger partial charge in [0.15, 0.2) is 0 Å². The van der Waals surface area contributed by atoms with E-state index < -0.39 is 37.8 Å². The zero-order valence-corrected chi connectivity index (χ0v) is 16.3. The van der Waals surface area contributed by atoms with E-state index in [-0.39, 0.29) is 43.5 Å². The number of hydrogen-bond acceptors (Lipinski definition) is 10. The van der Waals surface area contributed by atoms with Crippen LogP contribution in [0.15, 0.2) is 29.3 Å². The predicted octanol–water partition coefficient (Wildman–Crippen LogP) is 0.292. The molecule has 1 aromatic rings. The van der Waals surface area contributed by atoms with Crippen molar-refractivity contribution < 1.29 is 19.5 Å². The molecule has 0 radical (unpaired) electrons. The quantitative estimate of drug-likeness (QED) is 0.493. The summed E-state index contributed by atoms with van der Waals surface area (Å²) in [6, 6.07) is 4.31. The molecule has 0 amide bonds. The van der Waals surface area contributed by atoms with E-state index in [2.05, 4.69) is 4.99 Å². The van der Waals surface area contributed by atoms with Gasteiger partial charge in [-0.05, 0) is 26.2 Å². The van der Waals surface area contributed by atoms with E-state index in [4.69, 9.17) is 4.74 Å². The number of fused-ring (bicyclic) bond motifs is 3. The fraction of sp³-hybridized carbons (Fsp3) is 0.588. The summed E-state index contributed by atoms with van der Waals surface area (Å²) in [5.74, 6) is -0.984. The van der Waals surface area contributed by atoms with Crippen LogP contribution in [0.25, 0.3) is 0 Å². The molecule has 0 bridgehead atoms. The molecule has 4 atom stereocenters. The summed E-state index contributed by atoms with van der Waals surface area (Å²) in [7, 11) is 3.40. The van der Waals surface area contributed by atoms with Crippen LogP contribution in [0.3, 0.4) is 0 Å². The maximum atomic E-state index is 12.4. The standard InChI is InChI=1S/C17H20N6O7/c1-19-7-13-16(22(26)27)9-20(2)8-14(16)18-15(17(13,10-19)23(28)29)30-12-5-3-11(4-6-12)21(24)25/h3-6,13-14H,7-10H2,1-2H3. The number of nitro benzene ring substituents is 1. The first-order valence-electron chi connectivity index (χ1n) is 9.28. The molecule has 2 saturated heterocycles. The SMILES string of the molecule is CN1CC2C([N+](=O)[O-])(C1)C(Oc1ccc([N+](=O)[O-])cc1)=NC1CN(C)CC12[N+](=O)[O-]. The maximum Gasteiger partial charge on any atom is 0.319 e. The molecule has 13 nitrogen and oxygen atoms in total. The molecule has 4 unspecified atom stereocenters. The monoisotopic (exact) mass is 420 g/mol. The molecule has 13 heteroatoms. The van der Waals surface area contributed by atoms with Gasteiger partial charge in [0.2, 0.25) is 0 Å². The largest absolute Gasteiger partial charge is 0.437 e. The van der Waals surface area contributed by atoms with Gasteiger partial charge in [0.25, 0.3) is 17.1 Å². The van der Waals surface area contributed by atoms with Crippen molar-refractivity contribution in [2.75, 3.05) is 40.3 Å². The number of aliphatic imine (C=N–C) groups is 1. The Bertz CT molecular complexity index is 952. The van der Waals surface area contributed by atoms with Crippen molar-refractivity contribution in [1.82, 2.24) is 9.80 Å². The van der Waals surface area contributed by atoms with Crippen molar-refractivity contribution in [2.45, 2.75) is 17.1 Å². The lowest BCUT2D eigenvalue weighted by Crippen LogP contribution is -2.70. The van der Waals surface area contributed by atoms with Crippen molar-refractivity contribution in [2.24, 2.45) is 10.9 Å². The van der Waals surface area contributed by atoms with Gasteiger partial charge in [0, 0.05) is 35.1 Å². The number of benzene rings is 1. The first-order chi connectivity index (χ1) is 14.1. The van der Waals surface area contributed by atoms with Crippen LogP contribution < -0.4 is 4.74 Å². The minimum atomic E-state index is -1.88. The van der Waals surface area contributed by atoms with Crippen molar-refractivity contribution >= 4 is 11.6 Å². The lowest BCUT2D eigenvalue weighted by atomic mass is 9.68. The Morgan fingerprint density at radius 1 is 1.00 bits per heavy atom. The van der Waals surface area contributed by atoms with E-state index in [1.807, 2.05) is 0 Å². The highest BCUT2D eigenvalue weighted by Crippen LogP contribution is 2.49. The van der Waals surface area contributed by atoms with Crippen LogP contribution in [0.2, 0.25) is 0 Å². The molecule has 3 aliphatic rings. The van der Waals surface area contributed by atoms with E-state index in [0.29, 0.717) is 0 Å². The smallest absolute Gasteiger partial charge is 0.319 e. The molecule has 3 heterocycles. The van der Waals surface area contributed by atoms with E-state index in [1.54, 1.807) is 23.9 Å². The second kappa shape index (κ2) is 6.67. The number of ether oxygens (including phenoxy) is 1. The summed E-state index contributed by atoms with van der Waals surface area (Å²) in [6.07, 6.45) is 0. The maximum absolute atomic E-state index is 12.4. The summed E-state index contributed by atoms with van der Waals surface area (Å²) in [6.45, 7) is 0.423. The van der Waals surface area contributed by atoms with Crippen molar-refractivity contribution in [3.05, 3.63) is 54.6 Å². The summed E-state index contributed by atoms with van der Waals surface area (Å²) in [4.78, 5) is 41.9. The second-order valence-electron chi connectivity index (χ2n) is 8.18. The third kappa shape index (κ3) is 2.65. The first kappa shape index (κ1) is 20.1. The van der Waals surface area contributed by atoms with Gasteiger partial charge in [-0.15, -0.1) is 0 Å². The van der Waals surface area contributed by atoms with Crippen LogP contribution in [-0.4, -0.2) is 87.9 Å². The molecule has 0 spiro atoms. The van der Waals surface area contributed by atoms with E-state index in [9.17, 15) is 30.3 Å². The number of non-ortho nitro benzene ring substituents is 1. The van der Waals surface area contributed by atoms with Crippen molar-refractivity contribution in [3.63, 3.8) is 0 Å². The molecule has 0 saturated carbocycles. The molecule has 3 aliphatic heterocycles. The van der Waals surface area contributed by atoms with Gasteiger partial charge in [-0.2, -0.15) is 0 Å². The van der Waals surface area contributed by atoms with Gasteiger partial charge in [-0.25, -0.2) is 4.99 Å². The van der Waals surface area contributed by atoms with Gasteiger partial charge in [-0.3, -0.25) is 40.1 Å². The Labute approximate surface area is 170 Å². The van der Waals surface area contributed by atoms with Crippen LogP contribution in [0.4, 0.5) is 5.69 Å². The van der Waals surface area contributed by atoms with Crippen LogP contribution in [0.5, 0.6) is 5.75 Å². The zero-order chi connectivity index (χ0) is 21.8. The molecule has 1 aromatic carbocycles. The Morgan fingerprint density at radius 2 is 1.63 bits per heavy atom. The number of nitro groups is 3. The molecular weight excluding hydrogens is 400 g/mol. The Hall–Kier alpha value is -3.19.